The normalized spacial score (nSPS) is 18.2. The Labute approximate surface area is 103 Å². The Morgan fingerprint density at radius 3 is 2.35 bits per heavy atom. The summed E-state index contributed by atoms with van der Waals surface area (Å²) < 4.78 is 37.5. The lowest BCUT2D eigenvalue weighted by Gasteiger charge is -2.14. The molecule has 1 aliphatic carbocycles. The smallest absolute Gasteiger partial charge is 0.330 e. The topological polar surface area (TPSA) is 26.0 Å². The summed E-state index contributed by atoms with van der Waals surface area (Å²) >= 11 is 5.66. The van der Waals surface area contributed by atoms with Crippen LogP contribution in [0.15, 0.2) is 18.2 Å². The molecular formula is C12H13ClF3N. The molecule has 94 valence electrons. The first-order valence-electron chi connectivity index (χ1n) is 5.42. The van der Waals surface area contributed by atoms with Crippen molar-refractivity contribution in [1.82, 2.24) is 0 Å². The van der Waals surface area contributed by atoms with Crippen LogP contribution in [0.25, 0.3) is 0 Å². The highest BCUT2D eigenvalue weighted by molar-refractivity contribution is 6.31. The monoisotopic (exact) mass is 263 g/mol. The molecule has 0 atom stereocenters. The van der Waals surface area contributed by atoms with Crippen LogP contribution in [0.3, 0.4) is 0 Å². The number of hydrogen-bond donors (Lipinski definition) is 1. The zero-order chi connectivity index (χ0) is 12.7. The van der Waals surface area contributed by atoms with Crippen molar-refractivity contribution in [3.05, 3.63) is 34.3 Å². The van der Waals surface area contributed by atoms with Crippen LogP contribution in [0.4, 0.5) is 13.2 Å². The molecule has 0 radical (unpaired) electrons. The van der Waals surface area contributed by atoms with E-state index >= 15 is 0 Å². The molecule has 1 saturated carbocycles. The summed E-state index contributed by atoms with van der Waals surface area (Å²) in [5.74, 6) is 0. The van der Waals surface area contributed by atoms with Crippen molar-refractivity contribution >= 4 is 11.6 Å². The van der Waals surface area contributed by atoms with Gasteiger partial charge in [-0.1, -0.05) is 17.7 Å². The molecule has 0 aliphatic heterocycles. The molecule has 0 spiro atoms. The van der Waals surface area contributed by atoms with Gasteiger partial charge in [-0.25, -0.2) is 0 Å². The Balaban J connectivity index is 2.20. The molecule has 0 saturated heterocycles. The molecule has 1 aromatic carbocycles. The highest BCUT2D eigenvalue weighted by Gasteiger charge is 2.41. The maximum Gasteiger partial charge on any atom is 0.417 e. The van der Waals surface area contributed by atoms with Gasteiger partial charge in [0.05, 0.1) is 10.6 Å². The molecule has 1 nitrogen and oxygen atoms in total. The Kier molecular flexibility index (Phi) is 3.12. The SMILES string of the molecule is NCC1(Cc2ccc(C(F)(F)F)c(Cl)c2)CC1. The van der Waals surface area contributed by atoms with Gasteiger partial charge in [-0.05, 0) is 48.9 Å². The van der Waals surface area contributed by atoms with E-state index in [4.69, 9.17) is 17.3 Å². The third-order valence-corrected chi connectivity index (χ3v) is 3.62. The zero-order valence-electron chi connectivity index (χ0n) is 9.15. The van der Waals surface area contributed by atoms with Gasteiger partial charge in [0.2, 0.25) is 0 Å². The number of nitrogens with two attached hydrogens (primary N) is 1. The fourth-order valence-electron chi connectivity index (χ4n) is 1.96. The summed E-state index contributed by atoms with van der Waals surface area (Å²) in [5, 5.41) is -0.233. The van der Waals surface area contributed by atoms with E-state index in [2.05, 4.69) is 0 Å². The summed E-state index contributed by atoms with van der Waals surface area (Å²) in [6, 6.07) is 3.94. The van der Waals surface area contributed by atoms with Crippen molar-refractivity contribution in [2.75, 3.05) is 6.54 Å². The highest BCUT2D eigenvalue weighted by Crippen LogP contribution is 2.47. The average Bonchev–Trinajstić information content (AvgIpc) is 2.96. The number of hydrogen-bond acceptors (Lipinski definition) is 1. The third kappa shape index (κ3) is 2.75. The zero-order valence-corrected chi connectivity index (χ0v) is 9.91. The quantitative estimate of drug-likeness (QED) is 0.885. The van der Waals surface area contributed by atoms with E-state index in [1.54, 1.807) is 0 Å². The van der Waals surface area contributed by atoms with E-state index in [0.717, 1.165) is 24.5 Å². The molecule has 0 amide bonds. The van der Waals surface area contributed by atoms with Crippen LogP contribution in [0.2, 0.25) is 5.02 Å². The molecule has 0 heterocycles. The van der Waals surface area contributed by atoms with Gasteiger partial charge in [0, 0.05) is 0 Å². The number of benzene rings is 1. The van der Waals surface area contributed by atoms with Gasteiger partial charge in [0.1, 0.15) is 0 Å². The summed E-state index contributed by atoms with van der Waals surface area (Å²) in [6.45, 7) is 0.575. The van der Waals surface area contributed by atoms with E-state index in [1.165, 1.54) is 12.1 Å². The van der Waals surface area contributed by atoms with Crippen LogP contribution < -0.4 is 5.73 Å². The predicted octanol–water partition coefficient (Wildman–Crippen LogP) is 3.64. The largest absolute Gasteiger partial charge is 0.417 e. The lowest BCUT2D eigenvalue weighted by molar-refractivity contribution is -0.137. The van der Waals surface area contributed by atoms with Crippen LogP contribution >= 0.6 is 11.6 Å². The minimum atomic E-state index is -4.39. The van der Waals surface area contributed by atoms with Gasteiger partial charge in [-0.15, -0.1) is 0 Å². The van der Waals surface area contributed by atoms with Crippen molar-refractivity contribution in [3.8, 4) is 0 Å². The minimum Gasteiger partial charge on any atom is -0.330 e. The van der Waals surface area contributed by atoms with E-state index < -0.39 is 11.7 Å². The number of halogens is 4. The molecule has 2 rings (SSSR count). The molecule has 0 aromatic heterocycles. The number of alkyl halides is 3. The Morgan fingerprint density at radius 2 is 1.94 bits per heavy atom. The molecule has 2 N–H and O–H groups in total. The average molecular weight is 264 g/mol. The molecule has 5 heteroatoms. The van der Waals surface area contributed by atoms with E-state index in [1.807, 2.05) is 0 Å². The third-order valence-electron chi connectivity index (χ3n) is 3.31. The standard InChI is InChI=1S/C12H13ClF3N/c13-10-5-8(6-11(7-17)3-4-11)1-2-9(10)12(14,15)16/h1-2,5H,3-4,6-7,17H2. The molecule has 1 aromatic rings. The molecule has 17 heavy (non-hydrogen) atoms. The summed E-state index contributed by atoms with van der Waals surface area (Å²) in [5.41, 5.74) is 5.79. The van der Waals surface area contributed by atoms with Gasteiger partial charge in [0.15, 0.2) is 0 Å². The van der Waals surface area contributed by atoms with Gasteiger partial charge < -0.3 is 5.73 Å². The van der Waals surface area contributed by atoms with Gasteiger partial charge in [-0.2, -0.15) is 13.2 Å². The lowest BCUT2D eigenvalue weighted by Crippen LogP contribution is -2.18. The molecule has 0 bridgehead atoms. The van der Waals surface area contributed by atoms with Crippen molar-refractivity contribution < 1.29 is 13.2 Å². The van der Waals surface area contributed by atoms with Crippen molar-refractivity contribution in [3.63, 3.8) is 0 Å². The summed E-state index contributed by atoms with van der Waals surface area (Å²) in [7, 11) is 0. The van der Waals surface area contributed by atoms with E-state index in [9.17, 15) is 13.2 Å². The van der Waals surface area contributed by atoms with Gasteiger partial charge in [-0.3, -0.25) is 0 Å². The maximum absolute atomic E-state index is 12.5. The van der Waals surface area contributed by atoms with E-state index in [-0.39, 0.29) is 10.4 Å². The first kappa shape index (κ1) is 12.7. The second-order valence-electron chi connectivity index (χ2n) is 4.69. The first-order chi connectivity index (χ1) is 7.86. The maximum atomic E-state index is 12.5. The molecule has 1 aliphatic rings. The lowest BCUT2D eigenvalue weighted by atomic mass is 9.96. The minimum absolute atomic E-state index is 0.100. The van der Waals surface area contributed by atoms with Crippen LogP contribution in [0, 0.1) is 5.41 Å². The summed E-state index contributed by atoms with van der Waals surface area (Å²) in [4.78, 5) is 0. The Morgan fingerprint density at radius 1 is 1.29 bits per heavy atom. The number of rotatable bonds is 3. The van der Waals surface area contributed by atoms with Crippen LogP contribution in [-0.2, 0) is 12.6 Å². The summed E-state index contributed by atoms with van der Waals surface area (Å²) in [6.07, 6.45) is -1.59. The Bertz CT molecular complexity index is 424. The predicted molar refractivity (Wildman–Crippen MR) is 60.9 cm³/mol. The van der Waals surface area contributed by atoms with Gasteiger partial charge in [0.25, 0.3) is 0 Å². The van der Waals surface area contributed by atoms with Crippen molar-refractivity contribution in [2.24, 2.45) is 11.1 Å². The van der Waals surface area contributed by atoms with E-state index in [0.29, 0.717) is 13.0 Å². The molecular weight excluding hydrogens is 251 g/mol. The van der Waals surface area contributed by atoms with Crippen LogP contribution in [0.1, 0.15) is 24.0 Å². The first-order valence-corrected chi connectivity index (χ1v) is 5.80. The Hall–Kier alpha value is -0.740. The molecule has 0 unspecified atom stereocenters. The fraction of sp³-hybridized carbons (Fsp3) is 0.500. The van der Waals surface area contributed by atoms with Crippen molar-refractivity contribution in [2.45, 2.75) is 25.4 Å². The van der Waals surface area contributed by atoms with Crippen LogP contribution in [-0.4, -0.2) is 6.54 Å². The second kappa shape index (κ2) is 4.18. The fourth-order valence-corrected chi connectivity index (χ4v) is 2.27. The highest BCUT2D eigenvalue weighted by atomic mass is 35.5. The van der Waals surface area contributed by atoms with Gasteiger partial charge >= 0.3 is 6.18 Å². The van der Waals surface area contributed by atoms with Crippen LogP contribution in [0.5, 0.6) is 0 Å². The van der Waals surface area contributed by atoms with Crippen molar-refractivity contribution in [1.29, 1.82) is 0 Å². The second-order valence-corrected chi connectivity index (χ2v) is 5.10. The molecule has 1 fully saturated rings.